The Hall–Kier alpha value is -1.91. The Morgan fingerprint density at radius 3 is 2.47 bits per heavy atom. The van der Waals surface area contributed by atoms with Gasteiger partial charge in [0.2, 0.25) is 0 Å². The number of amides is 1. The van der Waals surface area contributed by atoms with Gasteiger partial charge in [0.25, 0.3) is 11.6 Å². The Morgan fingerprint density at radius 2 is 1.95 bits per heavy atom. The van der Waals surface area contributed by atoms with E-state index in [1.807, 2.05) is 0 Å². The molecule has 0 spiro atoms. The average Bonchev–Trinajstić information content (AvgIpc) is 3.01. The Kier molecular flexibility index (Phi) is 2.97. The van der Waals surface area contributed by atoms with Crippen LogP contribution in [0.25, 0.3) is 0 Å². The summed E-state index contributed by atoms with van der Waals surface area (Å²) in [6, 6.07) is 6.06. The smallest absolute Gasteiger partial charge is 0.269 e. The van der Waals surface area contributed by atoms with Gasteiger partial charge >= 0.3 is 0 Å². The first-order valence-corrected chi connectivity index (χ1v) is 6.69. The summed E-state index contributed by atoms with van der Waals surface area (Å²) in [4.78, 5) is 22.2. The normalized spacial score (nSPS) is 28.3. The quantitative estimate of drug-likeness (QED) is 0.670. The first kappa shape index (κ1) is 12.1. The summed E-state index contributed by atoms with van der Waals surface area (Å²) in [5.41, 5.74) is 0.504. The largest absolute Gasteiger partial charge is 0.349 e. The molecule has 3 unspecified atom stereocenters. The predicted molar refractivity (Wildman–Crippen MR) is 69.8 cm³/mol. The van der Waals surface area contributed by atoms with Crippen molar-refractivity contribution in [1.29, 1.82) is 0 Å². The monoisotopic (exact) mass is 260 g/mol. The molecular formula is C14H16N2O3. The van der Waals surface area contributed by atoms with Crippen molar-refractivity contribution in [2.45, 2.75) is 31.7 Å². The van der Waals surface area contributed by atoms with Gasteiger partial charge in [0, 0.05) is 23.7 Å². The fourth-order valence-corrected chi connectivity index (χ4v) is 3.41. The molecule has 1 amide bonds. The molecule has 100 valence electrons. The van der Waals surface area contributed by atoms with Gasteiger partial charge in [-0.15, -0.1) is 0 Å². The van der Waals surface area contributed by atoms with E-state index in [0.29, 0.717) is 17.5 Å². The molecule has 2 fully saturated rings. The number of nitrogens with one attached hydrogen (secondary N) is 1. The molecule has 2 bridgehead atoms. The van der Waals surface area contributed by atoms with Crippen molar-refractivity contribution >= 4 is 11.6 Å². The second-order valence-corrected chi connectivity index (χ2v) is 5.56. The molecule has 5 nitrogen and oxygen atoms in total. The lowest BCUT2D eigenvalue weighted by Crippen LogP contribution is -2.38. The molecule has 0 heterocycles. The highest BCUT2D eigenvalue weighted by Crippen LogP contribution is 2.44. The molecule has 3 atom stereocenters. The van der Waals surface area contributed by atoms with E-state index >= 15 is 0 Å². The molecule has 0 aliphatic heterocycles. The molecule has 0 aromatic heterocycles. The van der Waals surface area contributed by atoms with E-state index in [-0.39, 0.29) is 11.6 Å². The first-order chi connectivity index (χ1) is 9.13. The van der Waals surface area contributed by atoms with E-state index in [9.17, 15) is 14.9 Å². The maximum absolute atomic E-state index is 12.1. The summed E-state index contributed by atoms with van der Waals surface area (Å²) in [6.45, 7) is 0. The molecule has 3 rings (SSSR count). The minimum atomic E-state index is -0.461. The van der Waals surface area contributed by atoms with Crippen LogP contribution >= 0.6 is 0 Å². The highest BCUT2D eigenvalue weighted by atomic mass is 16.6. The molecule has 1 aromatic rings. The molecule has 2 aliphatic rings. The molecule has 19 heavy (non-hydrogen) atoms. The molecule has 1 N–H and O–H groups in total. The number of non-ortho nitro benzene ring substituents is 1. The maximum atomic E-state index is 12.1. The van der Waals surface area contributed by atoms with Crippen LogP contribution in [0.5, 0.6) is 0 Å². The Morgan fingerprint density at radius 1 is 1.21 bits per heavy atom. The van der Waals surface area contributed by atoms with E-state index in [4.69, 9.17) is 0 Å². The third-order valence-electron chi connectivity index (χ3n) is 4.39. The zero-order valence-corrected chi connectivity index (χ0v) is 10.5. The van der Waals surface area contributed by atoms with Crippen molar-refractivity contribution in [2.24, 2.45) is 11.8 Å². The van der Waals surface area contributed by atoms with Crippen LogP contribution in [0.3, 0.4) is 0 Å². The van der Waals surface area contributed by atoms with Crippen molar-refractivity contribution in [2.75, 3.05) is 0 Å². The SMILES string of the molecule is O=C(NC1CC2CCC1C2)c1ccc([N+](=O)[O-])cc1. The molecule has 1 aromatic carbocycles. The second kappa shape index (κ2) is 4.64. The number of rotatable bonds is 3. The summed E-state index contributed by atoms with van der Waals surface area (Å²) in [5.74, 6) is 1.30. The van der Waals surface area contributed by atoms with Crippen LogP contribution in [-0.2, 0) is 0 Å². The van der Waals surface area contributed by atoms with Gasteiger partial charge in [-0.2, -0.15) is 0 Å². The molecule has 2 saturated carbocycles. The number of hydrogen-bond acceptors (Lipinski definition) is 3. The third-order valence-corrected chi connectivity index (χ3v) is 4.39. The zero-order valence-electron chi connectivity index (χ0n) is 10.5. The van der Waals surface area contributed by atoms with Crippen molar-refractivity contribution < 1.29 is 9.72 Å². The van der Waals surface area contributed by atoms with Crippen LogP contribution in [0.1, 0.15) is 36.0 Å². The van der Waals surface area contributed by atoms with Crippen LogP contribution in [0.2, 0.25) is 0 Å². The van der Waals surface area contributed by atoms with Crippen molar-refractivity contribution in [3.8, 4) is 0 Å². The number of nitro groups is 1. The molecule has 2 aliphatic carbocycles. The van der Waals surface area contributed by atoms with Gasteiger partial charge < -0.3 is 5.32 Å². The van der Waals surface area contributed by atoms with Crippen LogP contribution in [0, 0.1) is 22.0 Å². The van der Waals surface area contributed by atoms with Gasteiger partial charge in [0.15, 0.2) is 0 Å². The Labute approximate surface area is 111 Å². The minimum Gasteiger partial charge on any atom is -0.349 e. The van der Waals surface area contributed by atoms with Gasteiger partial charge in [-0.1, -0.05) is 6.42 Å². The Bertz CT molecular complexity index is 512. The number of carbonyl (C=O) groups excluding carboxylic acids is 1. The standard InChI is InChI=1S/C14H16N2O3/c17-14(10-3-5-12(6-4-10)16(18)19)15-13-8-9-1-2-11(13)7-9/h3-6,9,11,13H,1-2,7-8H2,(H,15,17). The van der Waals surface area contributed by atoms with Crippen molar-refractivity contribution in [1.82, 2.24) is 5.32 Å². The number of hydrogen-bond donors (Lipinski definition) is 1. The average molecular weight is 260 g/mol. The Balaban J connectivity index is 1.65. The molecular weight excluding hydrogens is 244 g/mol. The fraction of sp³-hybridized carbons (Fsp3) is 0.500. The lowest BCUT2D eigenvalue weighted by atomic mass is 9.95. The number of nitrogens with zero attached hydrogens (tertiary/aromatic N) is 1. The van der Waals surface area contributed by atoms with Gasteiger partial charge in [0.05, 0.1) is 4.92 Å². The zero-order chi connectivity index (χ0) is 13.4. The maximum Gasteiger partial charge on any atom is 0.269 e. The van der Waals surface area contributed by atoms with Crippen LogP contribution in [0.15, 0.2) is 24.3 Å². The summed E-state index contributed by atoms with van der Waals surface area (Å²) in [7, 11) is 0. The van der Waals surface area contributed by atoms with Gasteiger partial charge in [-0.3, -0.25) is 14.9 Å². The van der Waals surface area contributed by atoms with Crippen LogP contribution in [0.4, 0.5) is 5.69 Å². The number of benzene rings is 1. The van der Waals surface area contributed by atoms with E-state index in [0.717, 1.165) is 12.3 Å². The summed E-state index contributed by atoms with van der Waals surface area (Å²) >= 11 is 0. The first-order valence-electron chi connectivity index (χ1n) is 6.69. The summed E-state index contributed by atoms with van der Waals surface area (Å²) in [5, 5.41) is 13.6. The summed E-state index contributed by atoms with van der Waals surface area (Å²) in [6.07, 6.45) is 4.85. The topological polar surface area (TPSA) is 72.2 Å². The second-order valence-electron chi connectivity index (χ2n) is 5.56. The summed E-state index contributed by atoms with van der Waals surface area (Å²) < 4.78 is 0. The predicted octanol–water partition coefficient (Wildman–Crippen LogP) is 2.51. The highest BCUT2D eigenvalue weighted by molar-refractivity contribution is 5.94. The van der Waals surface area contributed by atoms with Gasteiger partial charge in [0.1, 0.15) is 0 Å². The fourth-order valence-electron chi connectivity index (χ4n) is 3.41. The third kappa shape index (κ3) is 2.32. The molecule has 5 heteroatoms. The van der Waals surface area contributed by atoms with E-state index in [1.54, 1.807) is 0 Å². The lowest BCUT2D eigenvalue weighted by molar-refractivity contribution is -0.384. The molecule has 0 saturated heterocycles. The highest BCUT2D eigenvalue weighted by Gasteiger charge is 2.40. The molecule has 0 radical (unpaired) electrons. The van der Waals surface area contributed by atoms with Crippen LogP contribution < -0.4 is 5.32 Å². The van der Waals surface area contributed by atoms with Crippen LogP contribution in [-0.4, -0.2) is 16.9 Å². The van der Waals surface area contributed by atoms with Gasteiger partial charge in [-0.05, 0) is 43.2 Å². The van der Waals surface area contributed by atoms with Gasteiger partial charge in [-0.25, -0.2) is 0 Å². The van der Waals surface area contributed by atoms with Crippen molar-refractivity contribution in [3.63, 3.8) is 0 Å². The van der Waals surface area contributed by atoms with E-state index < -0.39 is 4.92 Å². The van der Waals surface area contributed by atoms with E-state index in [1.165, 1.54) is 43.5 Å². The van der Waals surface area contributed by atoms with Crippen molar-refractivity contribution in [3.05, 3.63) is 39.9 Å². The number of carbonyl (C=O) groups is 1. The van der Waals surface area contributed by atoms with E-state index in [2.05, 4.69) is 5.32 Å². The lowest BCUT2D eigenvalue weighted by Gasteiger charge is -2.22. The number of nitro benzene ring substituents is 1. The minimum absolute atomic E-state index is 0.0106. The number of fused-ring (bicyclic) bond motifs is 2.